The third-order valence-corrected chi connectivity index (χ3v) is 5.17. The van der Waals surface area contributed by atoms with Crippen LogP contribution in [0, 0.1) is 6.92 Å². The lowest BCUT2D eigenvalue weighted by molar-refractivity contribution is -0.147. The molecule has 1 N–H and O–H groups in total. The zero-order valence-corrected chi connectivity index (χ0v) is 15.3. The van der Waals surface area contributed by atoms with Crippen LogP contribution in [-0.4, -0.2) is 38.7 Å². The highest BCUT2D eigenvalue weighted by molar-refractivity contribution is 7.99. The predicted octanol–water partition coefficient (Wildman–Crippen LogP) is 3.14. The maximum atomic E-state index is 12.6. The Balaban J connectivity index is 1.71. The number of hydrogen-bond acceptors (Lipinski definition) is 5. The van der Waals surface area contributed by atoms with Gasteiger partial charge in [-0.2, -0.15) is 13.2 Å². The fraction of sp³-hybridized carbons (Fsp3) is 0.400. The average Bonchev–Trinajstić information content (AvgIpc) is 2.92. The summed E-state index contributed by atoms with van der Waals surface area (Å²) in [4.78, 5) is 12.9. The van der Waals surface area contributed by atoms with E-state index in [4.69, 9.17) is 0 Å². The molecule has 136 valence electrons. The lowest BCUT2D eigenvalue weighted by Gasteiger charge is -2.07. The molecular formula is C15H17F3N4OS2. The van der Waals surface area contributed by atoms with Gasteiger partial charge in [0.2, 0.25) is 11.7 Å². The van der Waals surface area contributed by atoms with Gasteiger partial charge in [0.15, 0.2) is 5.16 Å². The van der Waals surface area contributed by atoms with E-state index in [-0.39, 0.29) is 16.8 Å². The zero-order chi connectivity index (χ0) is 18.4. The van der Waals surface area contributed by atoms with E-state index < -0.39 is 12.0 Å². The van der Waals surface area contributed by atoms with Gasteiger partial charge in [0.25, 0.3) is 0 Å². The van der Waals surface area contributed by atoms with E-state index in [0.717, 1.165) is 21.2 Å². The molecule has 1 aromatic carbocycles. The predicted molar refractivity (Wildman–Crippen MR) is 91.6 cm³/mol. The largest absolute Gasteiger partial charge is 0.451 e. The van der Waals surface area contributed by atoms with E-state index in [1.165, 1.54) is 12.6 Å². The standard InChI is InChI=1S/C15H17F3N4OS2/c1-10-3-5-11(6-4-10)24-8-7-19-12(23)9-25-14-21-20-13(22(14)2)15(16,17)18/h3-6H,7-9H2,1-2H3,(H,19,23). The van der Waals surface area contributed by atoms with E-state index in [1.54, 1.807) is 11.8 Å². The number of benzene rings is 1. The van der Waals surface area contributed by atoms with Crippen LogP contribution < -0.4 is 5.32 Å². The minimum absolute atomic E-state index is 0.0149. The van der Waals surface area contributed by atoms with Gasteiger partial charge in [-0.3, -0.25) is 4.79 Å². The van der Waals surface area contributed by atoms with Crippen LogP contribution in [0.1, 0.15) is 11.4 Å². The molecule has 1 heterocycles. The Morgan fingerprint density at radius 1 is 1.20 bits per heavy atom. The van der Waals surface area contributed by atoms with E-state index >= 15 is 0 Å². The van der Waals surface area contributed by atoms with Gasteiger partial charge >= 0.3 is 6.18 Å². The highest BCUT2D eigenvalue weighted by Gasteiger charge is 2.37. The Labute approximate surface area is 151 Å². The Kier molecular flexibility index (Phi) is 6.77. The van der Waals surface area contributed by atoms with Gasteiger partial charge in [-0.1, -0.05) is 29.5 Å². The first-order chi connectivity index (χ1) is 11.8. The van der Waals surface area contributed by atoms with E-state index in [1.807, 2.05) is 31.2 Å². The minimum atomic E-state index is -4.56. The van der Waals surface area contributed by atoms with Crippen LogP contribution >= 0.6 is 23.5 Å². The zero-order valence-electron chi connectivity index (χ0n) is 13.6. The van der Waals surface area contributed by atoms with Crippen molar-refractivity contribution < 1.29 is 18.0 Å². The summed E-state index contributed by atoms with van der Waals surface area (Å²) in [6.45, 7) is 2.49. The number of amides is 1. The second kappa shape index (κ2) is 8.61. The van der Waals surface area contributed by atoms with Crippen molar-refractivity contribution in [3.05, 3.63) is 35.7 Å². The molecule has 0 aliphatic rings. The molecule has 0 aliphatic heterocycles. The molecular weight excluding hydrogens is 373 g/mol. The summed E-state index contributed by atoms with van der Waals surface area (Å²) in [5.41, 5.74) is 1.19. The highest BCUT2D eigenvalue weighted by Crippen LogP contribution is 2.29. The first-order valence-corrected chi connectivity index (χ1v) is 9.30. The van der Waals surface area contributed by atoms with Crippen LogP contribution in [-0.2, 0) is 18.0 Å². The van der Waals surface area contributed by atoms with Crippen molar-refractivity contribution in [3.63, 3.8) is 0 Å². The number of nitrogens with one attached hydrogen (secondary N) is 1. The highest BCUT2D eigenvalue weighted by atomic mass is 32.2. The van der Waals surface area contributed by atoms with Gasteiger partial charge in [0.05, 0.1) is 5.75 Å². The summed E-state index contributed by atoms with van der Waals surface area (Å²) in [7, 11) is 1.22. The second-order valence-corrected chi connectivity index (χ2v) is 7.27. The topological polar surface area (TPSA) is 59.8 Å². The van der Waals surface area contributed by atoms with Crippen LogP contribution in [0.15, 0.2) is 34.3 Å². The average molecular weight is 390 g/mol. The Hall–Kier alpha value is -1.68. The minimum Gasteiger partial charge on any atom is -0.355 e. The molecule has 2 rings (SSSR count). The number of rotatable bonds is 7. The number of halogens is 3. The second-order valence-electron chi connectivity index (χ2n) is 5.16. The molecule has 2 aromatic rings. The van der Waals surface area contributed by atoms with E-state index in [0.29, 0.717) is 12.3 Å². The van der Waals surface area contributed by atoms with E-state index in [2.05, 4.69) is 15.5 Å². The Morgan fingerprint density at radius 2 is 1.88 bits per heavy atom. The fourth-order valence-corrected chi connectivity index (χ4v) is 3.37. The summed E-state index contributed by atoms with van der Waals surface area (Å²) in [6, 6.07) is 8.08. The lowest BCUT2D eigenvalue weighted by atomic mass is 10.2. The first kappa shape index (κ1) is 19.6. The van der Waals surface area contributed by atoms with Gasteiger partial charge in [-0.15, -0.1) is 22.0 Å². The number of hydrogen-bond donors (Lipinski definition) is 1. The fourth-order valence-electron chi connectivity index (χ4n) is 1.86. The van der Waals surface area contributed by atoms with Crippen LogP contribution in [0.5, 0.6) is 0 Å². The van der Waals surface area contributed by atoms with Crippen molar-refractivity contribution in [3.8, 4) is 0 Å². The van der Waals surface area contributed by atoms with Gasteiger partial charge in [0, 0.05) is 24.2 Å². The molecule has 10 heteroatoms. The Morgan fingerprint density at radius 3 is 2.48 bits per heavy atom. The number of aromatic nitrogens is 3. The molecule has 0 radical (unpaired) electrons. The lowest BCUT2D eigenvalue weighted by Crippen LogP contribution is -2.27. The van der Waals surface area contributed by atoms with Crippen LogP contribution in [0.4, 0.5) is 13.2 Å². The molecule has 0 spiro atoms. The summed E-state index contributed by atoms with van der Waals surface area (Å²) >= 11 is 2.54. The van der Waals surface area contributed by atoms with Crippen molar-refractivity contribution >= 4 is 29.4 Å². The van der Waals surface area contributed by atoms with Gasteiger partial charge < -0.3 is 9.88 Å². The number of nitrogens with zero attached hydrogens (tertiary/aromatic N) is 3. The SMILES string of the molecule is Cc1ccc(SCCNC(=O)CSc2nnc(C(F)(F)F)n2C)cc1. The third-order valence-electron chi connectivity index (χ3n) is 3.13. The number of aryl methyl sites for hydroxylation is 1. The van der Waals surface area contributed by atoms with Crippen molar-refractivity contribution in [1.82, 2.24) is 20.1 Å². The monoisotopic (exact) mass is 390 g/mol. The number of alkyl halides is 3. The van der Waals surface area contributed by atoms with Crippen molar-refractivity contribution in [2.24, 2.45) is 7.05 Å². The van der Waals surface area contributed by atoms with Crippen LogP contribution in [0.2, 0.25) is 0 Å². The third kappa shape index (κ3) is 5.96. The van der Waals surface area contributed by atoms with Crippen LogP contribution in [0.25, 0.3) is 0 Å². The number of carbonyl (C=O) groups is 1. The maximum Gasteiger partial charge on any atom is 0.451 e. The number of thioether (sulfide) groups is 2. The van der Waals surface area contributed by atoms with Gasteiger partial charge in [0.1, 0.15) is 0 Å². The summed E-state index contributed by atoms with van der Waals surface area (Å²) in [5.74, 6) is -0.642. The van der Waals surface area contributed by atoms with Crippen molar-refractivity contribution in [1.29, 1.82) is 0 Å². The molecule has 1 amide bonds. The molecule has 0 unspecified atom stereocenters. The molecule has 5 nitrogen and oxygen atoms in total. The normalized spacial score (nSPS) is 11.6. The molecule has 0 atom stereocenters. The van der Waals surface area contributed by atoms with Crippen LogP contribution in [0.3, 0.4) is 0 Å². The quantitative estimate of drug-likeness (QED) is 0.581. The van der Waals surface area contributed by atoms with E-state index in [9.17, 15) is 18.0 Å². The molecule has 25 heavy (non-hydrogen) atoms. The molecule has 1 aromatic heterocycles. The summed E-state index contributed by atoms with van der Waals surface area (Å²) in [6.07, 6.45) is -4.56. The summed E-state index contributed by atoms with van der Waals surface area (Å²) < 4.78 is 38.7. The molecule has 0 aliphatic carbocycles. The smallest absolute Gasteiger partial charge is 0.355 e. The number of carbonyl (C=O) groups excluding carboxylic acids is 1. The molecule has 0 fully saturated rings. The Bertz CT molecular complexity index is 717. The van der Waals surface area contributed by atoms with Crippen molar-refractivity contribution in [2.75, 3.05) is 18.1 Å². The van der Waals surface area contributed by atoms with Gasteiger partial charge in [-0.05, 0) is 19.1 Å². The van der Waals surface area contributed by atoms with Gasteiger partial charge in [-0.25, -0.2) is 0 Å². The molecule has 0 saturated carbocycles. The maximum absolute atomic E-state index is 12.6. The summed E-state index contributed by atoms with van der Waals surface area (Å²) in [5, 5.41) is 9.36. The molecule has 0 saturated heterocycles. The first-order valence-electron chi connectivity index (χ1n) is 7.33. The molecule has 0 bridgehead atoms. The van der Waals surface area contributed by atoms with Crippen molar-refractivity contribution in [2.45, 2.75) is 23.2 Å².